The van der Waals surface area contributed by atoms with Crippen molar-refractivity contribution in [2.24, 2.45) is 7.05 Å². The number of aromatic nitrogens is 2. The van der Waals surface area contributed by atoms with E-state index in [0.717, 1.165) is 17.0 Å². The Bertz CT molecular complexity index is 406. The first kappa shape index (κ1) is 15.0. The number of aliphatic hydroxyl groups excluding tert-OH is 1. The molecule has 0 fully saturated rings. The average Bonchev–Trinajstić information content (AvgIpc) is 2.66. The SMILES string of the molecule is CSCC[C@@H](O)C(=O)N(C)Cc1cnn(C)c1C. The Hall–Kier alpha value is -1.01. The van der Waals surface area contributed by atoms with Gasteiger partial charge in [0.25, 0.3) is 5.91 Å². The first-order chi connectivity index (χ1) is 8.47. The number of likely N-dealkylation sites (N-methyl/N-ethyl adjacent to an activating group) is 1. The van der Waals surface area contributed by atoms with Crippen molar-refractivity contribution < 1.29 is 9.90 Å². The highest BCUT2D eigenvalue weighted by Crippen LogP contribution is 2.10. The highest BCUT2D eigenvalue weighted by Gasteiger charge is 2.20. The van der Waals surface area contributed by atoms with E-state index < -0.39 is 6.10 Å². The molecule has 0 aromatic carbocycles. The average molecular weight is 271 g/mol. The molecule has 1 aromatic rings. The molecule has 0 aliphatic heterocycles. The molecule has 18 heavy (non-hydrogen) atoms. The van der Waals surface area contributed by atoms with Gasteiger partial charge in [0.1, 0.15) is 6.10 Å². The third-order valence-corrected chi connectivity index (χ3v) is 3.65. The van der Waals surface area contributed by atoms with E-state index in [4.69, 9.17) is 0 Å². The number of carbonyl (C=O) groups excluding carboxylic acids is 1. The van der Waals surface area contributed by atoms with Gasteiger partial charge in [0.2, 0.25) is 0 Å². The van der Waals surface area contributed by atoms with Gasteiger partial charge in [-0.05, 0) is 25.4 Å². The fourth-order valence-corrected chi connectivity index (χ4v) is 2.10. The largest absolute Gasteiger partial charge is 0.383 e. The summed E-state index contributed by atoms with van der Waals surface area (Å²) >= 11 is 1.62. The second-order valence-electron chi connectivity index (χ2n) is 4.37. The lowest BCUT2D eigenvalue weighted by atomic mass is 10.2. The van der Waals surface area contributed by atoms with Gasteiger partial charge in [0.05, 0.1) is 6.20 Å². The topological polar surface area (TPSA) is 58.4 Å². The van der Waals surface area contributed by atoms with Crippen molar-refractivity contribution >= 4 is 17.7 Å². The maximum atomic E-state index is 11.9. The summed E-state index contributed by atoms with van der Waals surface area (Å²) < 4.78 is 1.78. The van der Waals surface area contributed by atoms with Gasteiger partial charge < -0.3 is 10.0 Å². The molecule has 102 valence electrons. The van der Waals surface area contributed by atoms with Gasteiger partial charge in [0.15, 0.2) is 0 Å². The highest BCUT2D eigenvalue weighted by molar-refractivity contribution is 7.98. The standard InChI is InChI=1S/C12H21N3O2S/c1-9-10(7-13-15(9)3)8-14(2)12(17)11(16)5-6-18-4/h7,11,16H,5-6,8H2,1-4H3/t11-/m1/s1. The summed E-state index contributed by atoms with van der Waals surface area (Å²) in [5.41, 5.74) is 2.04. The molecule has 1 N–H and O–H groups in total. The third kappa shape index (κ3) is 3.74. The summed E-state index contributed by atoms with van der Waals surface area (Å²) in [5, 5.41) is 13.9. The zero-order valence-corrected chi connectivity index (χ0v) is 12.2. The summed E-state index contributed by atoms with van der Waals surface area (Å²) in [7, 11) is 3.57. The Morgan fingerprint density at radius 1 is 1.67 bits per heavy atom. The van der Waals surface area contributed by atoms with Crippen molar-refractivity contribution in [3.63, 3.8) is 0 Å². The van der Waals surface area contributed by atoms with Crippen molar-refractivity contribution in [2.45, 2.75) is 26.0 Å². The Labute approximate surface area is 112 Å². The summed E-state index contributed by atoms with van der Waals surface area (Å²) in [6, 6.07) is 0. The van der Waals surface area contributed by atoms with E-state index in [-0.39, 0.29) is 5.91 Å². The van der Waals surface area contributed by atoms with E-state index in [0.29, 0.717) is 13.0 Å². The normalized spacial score (nSPS) is 12.5. The van der Waals surface area contributed by atoms with E-state index in [1.807, 2.05) is 20.2 Å². The van der Waals surface area contributed by atoms with E-state index in [1.54, 1.807) is 34.6 Å². The van der Waals surface area contributed by atoms with Crippen LogP contribution in [0.15, 0.2) is 6.20 Å². The van der Waals surface area contributed by atoms with Crippen molar-refractivity contribution in [1.82, 2.24) is 14.7 Å². The van der Waals surface area contributed by atoms with Gasteiger partial charge in [0, 0.05) is 31.9 Å². The molecular weight excluding hydrogens is 250 g/mol. The molecule has 0 saturated heterocycles. The highest BCUT2D eigenvalue weighted by atomic mass is 32.2. The van der Waals surface area contributed by atoms with Crippen molar-refractivity contribution in [3.8, 4) is 0 Å². The first-order valence-electron chi connectivity index (χ1n) is 5.86. The maximum absolute atomic E-state index is 11.9. The zero-order chi connectivity index (χ0) is 13.7. The lowest BCUT2D eigenvalue weighted by molar-refractivity contribution is -0.139. The molecule has 5 nitrogen and oxygen atoms in total. The molecule has 1 aromatic heterocycles. The molecule has 0 unspecified atom stereocenters. The lowest BCUT2D eigenvalue weighted by Crippen LogP contribution is -2.36. The number of hydrogen-bond acceptors (Lipinski definition) is 4. The molecule has 0 spiro atoms. The van der Waals surface area contributed by atoms with Crippen LogP contribution in [0, 0.1) is 6.92 Å². The van der Waals surface area contributed by atoms with Crippen LogP contribution >= 0.6 is 11.8 Å². The number of amides is 1. The number of hydrogen-bond donors (Lipinski definition) is 1. The molecule has 0 aliphatic rings. The predicted molar refractivity (Wildman–Crippen MR) is 73.4 cm³/mol. The number of aryl methyl sites for hydroxylation is 1. The molecule has 1 amide bonds. The van der Waals surface area contributed by atoms with E-state index in [2.05, 4.69) is 5.10 Å². The van der Waals surface area contributed by atoms with Crippen molar-refractivity contribution in [1.29, 1.82) is 0 Å². The first-order valence-corrected chi connectivity index (χ1v) is 7.26. The lowest BCUT2D eigenvalue weighted by Gasteiger charge is -2.20. The van der Waals surface area contributed by atoms with Crippen LogP contribution in [0.1, 0.15) is 17.7 Å². The molecule has 0 bridgehead atoms. The second-order valence-corrected chi connectivity index (χ2v) is 5.36. The number of rotatable bonds is 6. The summed E-state index contributed by atoms with van der Waals surface area (Å²) in [6.45, 7) is 2.44. The maximum Gasteiger partial charge on any atom is 0.251 e. The molecular formula is C12H21N3O2S. The molecule has 1 atom stereocenters. The van der Waals surface area contributed by atoms with E-state index in [1.165, 1.54) is 0 Å². The van der Waals surface area contributed by atoms with Gasteiger partial charge in [-0.25, -0.2) is 0 Å². The third-order valence-electron chi connectivity index (χ3n) is 3.00. The van der Waals surface area contributed by atoms with Crippen LogP contribution < -0.4 is 0 Å². The van der Waals surface area contributed by atoms with Crippen molar-refractivity contribution in [3.05, 3.63) is 17.5 Å². The summed E-state index contributed by atoms with van der Waals surface area (Å²) in [6.07, 6.45) is 3.31. The minimum Gasteiger partial charge on any atom is -0.383 e. The Morgan fingerprint density at radius 3 is 2.83 bits per heavy atom. The van der Waals surface area contributed by atoms with Crippen LogP contribution in [0.2, 0.25) is 0 Å². The number of nitrogens with zero attached hydrogens (tertiary/aromatic N) is 3. The van der Waals surface area contributed by atoms with Gasteiger partial charge in [-0.3, -0.25) is 9.48 Å². The van der Waals surface area contributed by atoms with Crippen LogP contribution in [0.5, 0.6) is 0 Å². The molecule has 0 aliphatic carbocycles. The number of thioether (sulfide) groups is 1. The van der Waals surface area contributed by atoms with Crippen LogP contribution in [-0.2, 0) is 18.4 Å². The predicted octanol–water partition coefficient (Wildman–Crippen LogP) is 0.801. The van der Waals surface area contributed by atoms with Gasteiger partial charge in [-0.15, -0.1) is 0 Å². The van der Waals surface area contributed by atoms with Crippen LogP contribution in [0.4, 0.5) is 0 Å². The smallest absolute Gasteiger partial charge is 0.251 e. The van der Waals surface area contributed by atoms with E-state index in [9.17, 15) is 9.90 Å². The molecule has 6 heteroatoms. The Balaban J connectivity index is 2.57. The second kappa shape index (κ2) is 6.80. The molecule has 1 heterocycles. The molecule has 1 rings (SSSR count). The molecule has 0 radical (unpaired) electrons. The van der Waals surface area contributed by atoms with Gasteiger partial charge in [-0.1, -0.05) is 0 Å². The van der Waals surface area contributed by atoms with E-state index >= 15 is 0 Å². The minimum atomic E-state index is -0.903. The summed E-state index contributed by atoms with van der Waals surface area (Å²) in [4.78, 5) is 13.5. The monoisotopic (exact) mass is 271 g/mol. The van der Waals surface area contributed by atoms with Gasteiger partial charge in [-0.2, -0.15) is 16.9 Å². The molecule has 0 saturated carbocycles. The summed E-state index contributed by atoms with van der Waals surface area (Å²) in [5.74, 6) is 0.555. The quantitative estimate of drug-likeness (QED) is 0.831. The zero-order valence-electron chi connectivity index (χ0n) is 11.4. The number of carbonyl (C=O) groups is 1. The Morgan fingerprint density at radius 2 is 2.33 bits per heavy atom. The number of aliphatic hydroxyl groups is 1. The van der Waals surface area contributed by atoms with Gasteiger partial charge >= 0.3 is 0 Å². The fourth-order valence-electron chi connectivity index (χ4n) is 1.64. The van der Waals surface area contributed by atoms with Crippen LogP contribution in [0.25, 0.3) is 0 Å². The van der Waals surface area contributed by atoms with Crippen LogP contribution in [-0.4, -0.2) is 50.9 Å². The van der Waals surface area contributed by atoms with Crippen LogP contribution in [0.3, 0.4) is 0 Å². The Kier molecular flexibility index (Phi) is 5.68. The minimum absolute atomic E-state index is 0.229. The van der Waals surface area contributed by atoms with Crippen molar-refractivity contribution in [2.75, 3.05) is 19.1 Å². The fraction of sp³-hybridized carbons (Fsp3) is 0.667.